The molecule has 0 aromatic heterocycles. The Labute approximate surface area is 181 Å². The number of rotatable bonds is 18. The molecule has 0 aliphatic carbocycles. The van der Waals surface area contributed by atoms with E-state index in [1.54, 1.807) is 0 Å². The predicted octanol–water partition coefficient (Wildman–Crippen LogP) is 6.96. The summed E-state index contributed by atoms with van der Waals surface area (Å²) in [6.45, 7) is 2.30. The van der Waals surface area contributed by atoms with Gasteiger partial charge in [-0.15, -0.1) is 0 Å². The molecule has 0 unspecified atom stereocenters. The Kier molecular flexibility index (Phi) is 26.7. The van der Waals surface area contributed by atoms with Crippen LogP contribution in [0.25, 0.3) is 0 Å². The van der Waals surface area contributed by atoms with Gasteiger partial charge in [-0.25, -0.2) is 0 Å². The fraction of sp³-hybridized carbons (Fsp3) is 1.00. The van der Waals surface area contributed by atoms with E-state index in [2.05, 4.69) is 6.92 Å². The van der Waals surface area contributed by atoms with Crippen molar-refractivity contribution < 1.29 is 17.5 Å². The molecule has 0 fully saturated rings. The minimum absolute atomic E-state index is 1.38. The molecule has 0 spiro atoms. The van der Waals surface area contributed by atoms with Gasteiger partial charge in [-0.3, -0.25) is 9.11 Å². The van der Waals surface area contributed by atoms with Gasteiger partial charge in [0, 0.05) is 0 Å². The third-order valence-corrected chi connectivity index (χ3v) is 5.41. The summed E-state index contributed by atoms with van der Waals surface area (Å²) in [5.74, 6) is 0. The first-order valence-corrected chi connectivity index (χ1v) is 13.9. The Bertz CT molecular complexity index is 322. The van der Waals surface area contributed by atoms with Crippen molar-refractivity contribution in [3.63, 3.8) is 0 Å². The molecule has 4 nitrogen and oxygen atoms in total. The Morgan fingerprint density at radius 2 is 0.731 bits per heavy atom. The first-order chi connectivity index (χ1) is 12.4. The topological polar surface area (TPSA) is 74.6 Å². The van der Waals surface area contributed by atoms with Crippen LogP contribution in [-0.4, -0.2) is 45.5 Å². The zero-order chi connectivity index (χ0) is 19.9. The monoisotopic (exact) mass is 402 g/mol. The van der Waals surface area contributed by atoms with Gasteiger partial charge in [-0.05, 0) is 0 Å². The van der Waals surface area contributed by atoms with Crippen LogP contribution >= 0.6 is 0 Å². The van der Waals surface area contributed by atoms with Crippen LogP contribution in [0.4, 0.5) is 0 Å². The zero-order valence-electron chi connectivity index (χ0n) is 17.6. The molecule has 0 aromatic rings. The Balaban J connectivity index is 0. The van der Waals surface area contributed by atoms with Crippen molar-refractivity contribution >= 4 is 38.3 Å². The zero-order valence-corrected chi connectivity index (χ0v) is 20.4. The van der Waals surface area contributed by atoms with Gasteiger partial charge >= 0.3 is 113 Å². The van der Waals surface area contributed by atoms with Crippen LogP contribution in [0.1, 0.15) is 122 Å². The van der Waals surface area contributed by atoms with Crippen molar-refractivity contribution in [2.45, 2.75) is 126 Å². The summed E-state index contributed by atoms with van der Waals surface area (Å²) in [5.41, 5.74) is 0. The van der Waals surface area contributed by atoms with Crippen molar-refractivity contribution in [1.29, 1.82) is 0 Å². The maximum absolute atomic E-state index is 8.74. The summed E-state index contributed by atoms with van der Waals surface area (Å²) in [5, 5.41) is 0. The van der Waals surface area contributed by atoms with E-state index in [-0.39, 0.29) is 0 Å². The van der Waals surface area contributed by atoms with Crippen LogP contribution in [0, 0.1) is 0 Å². The van der Waals surface area contributed by atoms with E-state index >= 15 is 0 Å². The molecule has 2 N–H and O–H groups in total. The van der Waals surface area contributed by atoms with Gasteiger partial charge in [0.15, 0.2) is 0 Å². The fourth-order valence-electron chi connectivity index (χ4n) is 3.15. The summed E-state index contributed by atoms with van der Waals surface area (Å²) in [6.07, 6.45) is 26.7. The second kappa shape index (κ2) is 23.9. The van der Waals surface area contributed by atoms with E-state index < -0.39 is 10.4 Å². The van der Waals surface area contributed by atoms with E-state index in [0.29, 0.717) is 0 Å². The van der Waals surface area contributed by atoms with Gasteiger partial charge in [0.05, 0.1) is 0 Å². The van der Waals surface area contributed by atoms with E-state index in [1.807, 2.05) is 0 Å². The molecule has 0 aliphatic rings. The molecule has 0 atom stereocenters. The third-order valence-electron chi connectivity index (χ3n) is 4.71. The van der Waals surface area contributed by atoms with Crippen molar-refractivity contribution in [2.75, 3.05) is 0 Å². The Hall–Kier alpha value is 0.870. The standard InChI is InChI=1S/C20H41.Na.H2O4S/c1-3-5-7-9-11-13-15-17-19-20-18-16-14-12-10-8-6-4-2;;1-5(2,3)4/h1,3-20H2,2H3;;(H2,1,2,3,4). The summed E-state index contributed by atoms with van der Waals surface area (Å²) < 4.78 is 33.1. The molecule has 0 saturated carbocycles. The van der Waals surface area contributed by atoms with Gasteiger partial charge in [0.1, 0.15) is 0 Å². The second-order valence-corrected chi connectivity index (χ2v) is 9.35. The van der Waals surface area contributed by atoms with Crippen molar-refractivity contribution in [3.8, 4) is 0 Å². The molecule has 0 aliphatic heterocycles. The predicted molar refractivity (Wildman–Crippen MR) is 114 cm³/mol. The van der Waals surface area contributed by atoms with Gasteiger partial charge in [0.25, 0.3) is 0 Å². The van der Waals surface area contributed by atoms with Crippen LogP contribution in [0.5, 0.6) is 0 Å². The average molecular weight is 403 g/mol. The molecule has 0 aromatic carbocycles. The maximum atomic E-state index is 8.74. The second-order valence-electron chi connectivity index (χ2n) is 7.46. The first-order valence-electron chi connectivity index (χ1n) is 11.1. The van der Waals surface area contributed by atoms with Crippen LogP contribution in [0.2, 0.25) is 3.67 Å². The van der Waals surface area contributed by atoms with Crippen molar-refractivity contribution in [1.82, 2.24) is 0 Å². The SMILES string of the molecule is CCCCCCCCCCCCCCCCCCC[CH2][Na].O=S(=O)(O)O. The molecular formula is C20H43NaO4S. The van der Waals surface area contributed by atoms with Crippen LogP contribution in [-0.2, 0) is 10.4 Å². The average Bonchev–Trinajstić information content (AvgIpc) is 2.56. The minimum Gasteiger partial charge on any atom is -0.264 e. The molecule has 0 amide bonds. The summed E-state index contributed by atoms with van der Waals surface area (Å²) in [6, 6.07) is 0. The molecule has 0 saturated heterocycles. The van der Waals surface area contributed by atoms with Gasteiger partial charge in [-0.2, -0.15) is 8.42 Å². The van der Waals surface area contributed by atoms with Gasteiger partial charge < -0.3 is 0 Å². The molecule has 26 heavy (non-hydrogen) atoms. The van der Waals surface area contributed by atoms with E-state index in [0.717, 1.165) is 0 Å². The third kappa shape index (κ3) is 39.8. The van der Waals surface area contributed by atoms with Crippen LogP contribution in [0.3, 0.4) is 0 Å². The summed E-state index contributed by atoms with van der Waals surface area (Å²) in [4.78, 5) is 0. The van der Waals surface area contributed by atoms with E-state index in [1.165, 1.54) is 147 Å². The van der Waals surface area contributed by atoms with Gasteiger partial charge in [-0.1, -0.05) is 51.9 Å². The Morgan fingerprint density at radius 1 is 0.538 bits per heavy atom. The van der Waals surface area contributed by atoms with Crippen LogP contribution in [0.15, 0.2) is 0 Å². The smallest absolute Gasteiger partial charge is 0.264 e. The quantitative estimate of drug-likeness (QED) is 0.148. The molecule has 0 radical (unpaired) electrons. The minimum atomic E-state index is -4.67. The maximum Gasteiger partial charge on any atom is 0.394 e. The van der Waals surface area contributed by atoms with E-state index in [4.69, 9.17) is 17.5 Å². The van der Waals surface area contributed by atoms with Crippen molar-refractivity contribution in [3.05, 3.63) is 0 Å². The number of hydrogen-bond acceptors (Lipinski definition) is 2. The molecule has 0 bridgehead atoms. The molecular weight excluding hydrogens is 359 g/mol. The van der Waals surface area contributed by atoms with E-state index in [9.17, 15) is 0 Å². The molecule has 6 heteroatoms. The largest absolute Gasteiger partial charge is 0.394 e. The first kappa shape index (κ1) is 29.1. The van der Waals surface area contributed by atoms with Crippen LogP contribution < -0.4 is 0 Å². The normalized spacial score (nSPS) is 11.3. The van der Waals surface area contributed by atoms with Crippen molar-refractivity contribution in [2.24, 2.45) is 0 Å². The molecule has 0 rings (SSSR count). The molecule has 154 valence electrons. The number of hydrogen-bond donors (Lipinski definition) is 2. The summed E-state index contributed by atoms with van der Waals surface area (Å²) in [7, 11) is -4.67. The Morgan fingerprint density at radius 3 is 0.923 bits per heavy atom. The number of unbranched alkanes of at least 4 members (excludes halogenated alkanes) is 17. The van der Waals surface area contributed by atoms with Gasteiger partial charge in [0.2, 0.25) is 0 Å². The molecule has 0 heterocycles. The summed E-state index contributed by atoms with van der Waals surface area (Å²) >= 11 is 1.41. The fourth-order valence-corrected chi connectivity index (χ4v) is 3.65.